The van der Waals surface area contributed by atoms with Crippen LogP contribution in [0.15, 0.2) is 48.7 Å². The quantitative estimate of drug-likeness (QED) is 0.794. The van der Waals surface area contributed by atoms with Crippen molar-refractivity contribution in [3.63, 3.8) is 0 Å². The van der Waals surface area contributed by atoms with Crippen LogP contribution < -0.4 is 10.1 Å². The molecule has 1 aromatic heterocycles. The fraction of sp³-hybridized carbons (Fsp3) is 0.111. The van der Waals surface area contributed by atoms with Crippen LogP contribution >= 0.6 is 0 Å². The van der Waals surface area contributed by atoms with Crippen molar-refractivity contribution in [3.8, 4) is 5.75 Å². The molecule has 0 unspecified atom stereocenters. The molecule has 24 heavy (non-hydrogen) atoms. The molecular formula is C18H14F2N2O2. The number of ether oxygens (including phenoxy) is 1. The first-order valence-electron chi connectivity index (χ1n) is 7.24. The van der Waals surface area contributed by atoms with Crippen molar-refractivity contribution in [2.24, 2.45) is 0 Å². The van der Waals surface area contributed by atoms with Gasteiger partial charge in [-0.1, -0.05) is 12.1 Å². The van der Waals surface area contributed by atoms with Crippen molar-refractivity contribution < 1.29 is 18.3 Å². The molecule has 0 bridgehead atoms. The second-order valence-electron chi connectivity index (χ2n) is 5.19. The summed E-state index contributed by atoms with van der Waals surface area (Å²) in [7, 11) is 1.18. The van der Waals surface area contributed by atoms with Gasteiger partial charge in [0.1, 0.15) is 0 Å². The van der Waals surface area contributed by atoms with Crippen LogP contribution in [-0.2, 0) is 11.2 Å². The Bertz CT molecular complexity index is 913. The number of amides is 1. The Morgan fingerprint density at radius 1 is 1.21 bits per heavy atom. The number of carbonyl (C=O) groups is 1. The first kappa shape index (κ1) is 15.9. The summed E-state index contributed by atoms with van der Waals surface area (Å²) >= 11 is 0. The molecule has 3 rings (SSSR count). The summed E-state index contributed by atoms with van der Waals surface area (Å²) in [6, 6.07) is 11.3. The third-order valence-corrected chi connectivity index (χ3v) is 3.57. The van der Waals surface area contributed by atoms with Gasteiger partial charge in [0.2, 0.25) is 5.91 Å². The lowest BCUT2D eigenvalue weighted by molar-refractivity contribution is -0.115. The number of benzene rings is 2. The van der Waals surface area contributed by atoms with Gasteiger partial charge in [-0.25, -0.2) is 8.78 Å². The molecule has 0 aliphatic carbocycles. The molecule has 2 aromatic carbocycles. The highest BCUT2D eigenvalue weighted by Crippen LogP contribution is 2.25. The van der Waals surface area contributed by atoms with E-state index in [1.54, 1.807) is 30.5 Å². The summed E-state index contributed by atoms with van der Waals surface area (Å²) in [6.07, 6.45) is 1.46. The first-order chi connectivity index (χ1) is 11.6. The van der Waals surface area contributed by atoms with Gasteiger partial charge in [-0.3, -0.25) is 9.78 Å². The van der Waals surface area contributed by atoms with Crippen LogP contribution in [0.25, 0.3) is 10.9 Å². The second kappa shape index (κ2) is 6.62. The van der Waals surface area contributed by atoms with Gasteiger partial charge in [-0.15, -0.1) is 0 Å². The second-order valence-corrected chi connectivity index (χ2v) is 5.19. The summed E-state index contributed by atoms with van der Waals surface area (Å²) in [6.45, 7) is 0. The number of anilines is 1. The Labute approximate surface area is 137 Å². The lowest BCUT2D eigenvalue weighted by atomic mass is 10.1. The van der Waals surface area contributed by atoms with E-state index in [9.17, 15) is 13.6 Å². The van der Waals surface area contributed by atoms with E-state index < -0.39 is 23.3 Å². The number of hydrogen-bond acceptors (Lipinski definition) is 3. The summed E-state index contributed by atoms with van der Waals surface area (Å²) < 4.78 is 32.2. The third kappa shape index (κ3) is 3.17. The Kier molecular flexibility index (Phi) is 4.37. The maximum Gasteiger partial charge on any atom is 0.228 e. The number of carbonyl (C=O) groups excluding carboxylic acids is 1. The number of nitrogens with one attached hydrogen (secondary N) is 1. The van der Waals surface area contributed by atoms with E-state index in [1.807, 2.05) is 6.07 Å². The van der Waals surface area contributed by atoms with Crippen molar-refractivity contribution in [1.82, 2.24) is 4.98 Å². The van der Waals surface area contributed by atoms with Crippen molar-refractivity contribution in [2.45, 2.75) is 6.42 Å². The molecule has 0 saturated heterocycles. The summed E-state index contributed by atoms with van der Waals surface area (Å²) in [5, 5.41) is 3.57. The van der Waals surface area contributed by atoms with Gasteiger partial charge in [0, 0.05) is 22.8 Å². The zero-order valence-corrected chi connectivity index (χ0v) is 12.8. The summed E-state index contributed by atoms with van der Waals surface area (Å²) in [4.78, 5) is 16.3. The van der Waals surface area contributed by atoms with E-state index in [0.717, 1.165) is 17.0 Å². The predicted molar refractivity (Wildman–Crippen MR) is 87.0 cm³/mol. The van der Waals surface area contributed by atoms with Crippen LogP contribution in [0, 0.1) is 11.6 Å². The predicted octanol–water partition coefficient (Wildman–Crippen LogP) is 3.70. The van der Waals surface area contributed by atoms with Crippen LogP contribution in [0.1, 0.15) is 5.56 Å². The monoisotopic (exact) mass is 328 g/mol. The molecule has 4 nitrogen and oxygen atoms in total. The van der Waals surface area contributed by atoms with E-state index in [1.165, 1.54) is 13.2 Å². The molecule has 6 heteroatoms. The molecule has 122 valence electrons. The maximum absolute atomic E-state index is 14.1. The van der Waals surface area contributed by atoms with Gasteiger partial charge in [0.15, 0.2) is 17.4 Å². The van der Waals surface area contributed by atoms with E-state index in [-0.39, 0.29) is 12.0 Å². The zero-order chi connectivity index (χ0) is 17.1. The number of hydrogen-bond donors (Lipinski definition) is 1. The minimum atomic E-state index is -0.865. The van der Waals surface area contributed by atoms with Gasteiger partial charge in [-0.2, -0.15) is 0 Å². The van der Waals surface area contributed by atoms with Crippen LogP contribution in [0.3, 0.4) is 0 Å². The topological polar surface area (TPSA) is 51.2 Å². The molecule has 0 saturated carbocycles. The van der Waals surface area contributed by atoms with Gasteiger partial charge < -0.3 is 10.1 Å². The zero-order valence-electron chi connectivity index (χ0n) is 12.8. The summed E-state index contributed by atoms with van der Waals surface area (Å²) in [5.74, 6) is -2.57. The minimum absolute atomic E-state index is 0.0632. The fourth-order valence-corrected chi connectivity index (χ4v) is 2.43. The van der Waals surface area contributed by atoms with Crippen LogP contribution in [0.2, 0.25) is 0 Å². The number of pyridine rings is 1. The SMILES string of the molecule is COc1c(F)ccc(CC(=O)Nc2ccc3ncccc3c2)c1F. The van der Waals surface area contributed by atoms with Crippen LogP contribution in [-0.4, -0.2) is 18.0 Å². The van der Waals surface area contributed by atoms with Crippen molar-refractivity contribution >= 4 is 22.5 Å². The highest BCUT2D eigenvalue weighted by Gasteiger charge is 2.16. The number of methoxy groups -OCH3 is 1. The van der Waals surface area contributed by atoms with Crippen molar-refractivity contribution in [1.29, 1.82) is 0 Å². The van der Waals surface area contributed by atoms with Gasteiger partial charge >= 0.3 is 0 Å². The largest absolute Gasteiger partial charge is 0.491 e. The Balaban J connectivity index is 1.77. The number of fused-ring (bicyclic) bond motifs is 1. The molecule has 0 fully saturated rings. The highest BCUT2D eigenvalue weighted by molar-refractivity contribution is 5.94. The Morgan fingerprint density at radius 2 is 2.04 bits per heavy atom. The number of aromatic nitrogens is 1. The van der Waals surface area contributed by atoms with Crippen molar-refractivity contribution in [2.75, 3.05) is 12.4 Å². The van der Waals surface area contributed by atoms with E-state index >= 15 is 0 Å². The number of rotatable bonds is 4. The highest BCUT2D eigenvalue weighted by atomic mass is 19.1. The smallest absolute Gasteiger partial charge is 0.228 e. The number of halogens is 2. The standard InChI is InChI=1S/C18H14F2N2O2/c1-24-18-14(19)6-4-12(17(18)20)10-16(23)22-13-5-7-15-11(9-13)3-2-8-21-15/h2-9H,10H2,1H3,(H,22,23). The molecule has 0 radical (unpaired) electrons. The Hall–Kier alpha value is -3.02. The lowest BCUT2D eigenvalue weighted by Gasteiger charge is -2.09. The first-order valence-corrected chi connectivity index (χ1v) is 7.24. The third-order valence-electron chi connectivity index (χ3n) is 3.57. The molecular weight excluding hydrogens is 314 g/mol. The van der Waals surface area contributed by atoms with E-state index in [4.69, 9.17) is 0 Å². The van der Waals surface area contributed by atoms with E-state index in [0.29, 0.717) is 5.69 Å². The molecule has 1 amide bonds. The van der Waals surface area contributed by atoms with Gasteiger partial charge in [0.25, 0.3) is 0 Å². The summed E-state index contributed by atoms with van der Waals surface area (Å²) in [5.41, 5.74) is 1.45. The minimum Gasteiger partial charge on any atom is -0.491 e. The molecule has 1 heterocycles. The fourth-order valence-electron chi connectivity index (χ4n) is 2.43. The average molecular weight is 328 g/mol. The van der Waals surface area contributed by atoms with Crippen LogP contribution in [0.5, 0.6) is 5.75 Å². The molecule has 3 aromatic rings. The van der Waals surface area contributed by atoms with Gasteiger partial charge in [-0.05, 0) is 30.3 Å². The van der Waals surface area contributed by atoms with E-state index in [2.05, 4.69) is 15.0 Å². The molecule has 0 aliphatic rings. The van der Waals surface area contributed by atoms with Crippen molar-refractivity contribution in [3.05, 3.63) is 65.9 Å². The molecule has 1 N–H and O–H groups in total. The molecule has 0 aliphatic heterocycles. The molecule has 0 atom stereocenters. The molecule has 0 spiro atoms. The maximum atomic E-state index is 14.1. The normalized spacial score (nSPS) is 10.6. The average Bonchev–Trinajstić information content (AvgIpc) is 2.58. The van der Waals surface area contributed by atoms with Crippen LogP contribution in [0.4, 0.5) is 14.5 Å². The van der Waals surface area contributed by atoms with Gasteiger partial charge in [0.05, 0.1) is 19.0 Å². The Morgan fingerprint density at radius 3 is 2.83 bits per heavy atom. The lowest BCUT2D eigenvalue weighted by Crippen LogP contribution is -2.15. The number of nitrogens with zero attached hydrogens (tertiary/aromatic N) is 1.